The largest absolute Gasteiger partial charge is 0.504 e. The average Bonchev–Trinajstić information content (AvgIpc) is 2.72. The standard InChI is InChI=1S/C22H16N2O5/c23-11-14-7-15(22(27)28)21-20(10-14)29-19-9-13(3-5-16(19)24-21)2-1-12-4-6-17(25)18(26)8-12/h3-10,24-26H,1-2H2,(H,27,28). The number of nitrogens with one attached hydrogen (secondary N) is 1. The van der Waals surface area contributed by atoms with Gasteiger partial charge in [0.2, 0.25) is 0 Å². The molecule has 7 nitrogen and oxygen atoms in total. The van der Waals surface area contributed by atoms with E-state index in [9.17, 15) is 20.1 Å². The van der Waals surface area contributed by atoms with Crippen LogP contribution in [0, 0.1) is 11.3 Å². The van der Waals surface area contributed by atoms with Crippen LogP contribution in [-0.4, -0.2) is 21.3 Å². The van der Waals surface area contributed by atoms with Crippen LogP contribution in [0.3, 0.4) is 0 Å². The zero-order chi connectivity index (χ0) is 20.5. The van der Waals surface area contributed by atoms with Gasteiger partial charge in [0.25, 0.3) is 0 Å². The van der Waals surface area contributed by atoms with Crippen molar-refractivity contribution >= 4 is 17.3 Å². The maximum atomic E-state index is 11.5. The third-order valence-corrected chi connectivity index (χ3v) is 4.73. The molecule has 0 aromatic heterocycles. The van der Waals surface area contributed by atoms with Crippen molar-refractivity contribution in [1.82, 2.24) is 0 Å². The Hall–Kier alpha value is -4.18. The Morgan fingerprint density at radius 2 is 1.69 bits per heavy atom. The molecule has 1 aliphatic heterocycles. The topological polar surface area (TPSA) is 123 Å². The maximum Gasteiger partial charge on any atom is 0.338 e. The van der Waals surface area contributed by atoms with Gasteiger partial charge in [0.05, 0.1) is 28.6 Å². The highest BCUT2D eigenvalue weighted by Crippen LogP contribution is 2.44. The summed E-state index contributed by atoms with van der Waals surface area (Å²) in [4.78, 5) is 11.5. The molecule has 0 radical (unpaired) electrons. The number of fused-ring (bicyclic) bond motifs is 2. The number of phenols is 2. The van der Waals surface area contributed by atoms with Crippen LogP contribution in [0.5, 0.6) is 23.0 Å². The Balaban J connectivity index is 1.58. The van der Waals surface area contributed by atoms with Gasteiger partial charge in [-0.05, 0) is 54.3 Å². The fraction of sp³-hybridized carbons (Fsp3) is 0.0909. The lowest BCUT2D eigenvalue weighted by atomic mass is 10.0. The van der Waals surface area contributed by atoms with E-state index in [2.05, 4.69) is 5.32 Å². The number of anilines is 2. The lowest BCUT2D eigenvalue weighted by Crippen LogP contribution is -2.10. The first-order valence-electron chi connectivity index (χ1n) is 8.84. The Bertz CT molecular complexity index is 1180. The molecule has 7 heteroatoms. The highest BCUT2D eigenvalue weighted by molar-refractivity contribution is 5.99. The number of benzene rings is 3. The normalized spacial score (nSPS) is 11.4. The van der Waals surface area contributed by atoms with Crippen molar-refractivity contribution in [3.8, 4) is 29.1 Å². The zero-order valence-electron chi connectivity index (χ0n) is 15.1. The van der Waals surface area contributed by atoms with Crippen LogP contribution in [-0.2, 0) is 12.8 Å². The second-order valence-electron chi connectivity index (χ2n) is 6.69. The van der Waals surface area contributed by atoms with Crippen LogP contribution in [0.25, 0.3) is 0 Å². The van der Waals surface area contributed by atoms with E-state index < -0.39 is 5.97 Å². The van der Waals surface area contributed by atoms with Crippen molar-refractivity contribution in [2.75, 3.05) is 5.32 Å². The first kappa shape index (κ1) is 18.2. The molecule has 4 N–H and O–H groups in total. The number of carboxylic acid groups (broad SMARTS) is 1. The molecule has 4 rings (SSSR count). The van der Waals surface area contributed by atoms with E-state index in [4.69, 9.17) is 10.00 Å². The number of carboxylic acids is 1. The fourth-order valence-corrected chi connectivity index (χ4v) is 3.23. The summed E-state index contributed by atoms with van der Waals surface area (Å²) in [5.41, 5.74) is 2.99. The van der Waals surface area contributed by atoms with Crippen LogP contribution in [0.1, 0.15) is 27.0 Å². The maximum absolute atomic E-state index is 11.5. The van der Waals surface area contributed by atoms with Crippen LogP contribution < -0.4 is 10.1 Å². The molecule has 29 heavy (non-hydrogen) atoms. The van der Waals surface area contributed by atoms with E-state index in [-0.39, 0.29) is 28.4 Å². The number of hydrogen-bond acceptors (Lipinski definition) is 6. The predicted molar refractivity (Wildman–Crippen MR) is 105 cm³/mol. The lowest BCUT2D eigenvalue weighted by Gasteiger charge is -2.24. The Morgan fingerprint density at radius 1 is 0.966 bits per heavy atom. The number of aromatic carboxylic acids is 1. The van der Waals surface area contributed by atoms with Gasteiger partial charge in [0.15, 0.2) is 23.0 Å². The van der Waals surface area contributed by atoms with E-state index in [0.717, 1.165) is 11.1 Å². The molecule has 3 aromatic carbocycles. The van der Waals surface area contributed by atoms with Crippen molar-refractivity contribution in [3.63, 3.8) is 0 Å². The molecule has 0 unspecified atom stereocenters. The minimum atomic E-state index is -1.15. The highest BCUT2D eigenvalue weighted by atomic mass is 16.5. The van der Waals surface area contributed by atoms with Crippen molar-refractivity contribution in [1.29, 1.82) is 5.26 Å². The van der Waals surface area contributed by atoms with Gasteiger partial charge in [-0.1, -0.05) is 12.1 Å². The number of phenolic OH excluding ortho intramolecular Hbond substituents is 2. The van der Waals surface area contributed by atoms with E-state index in [1.54, 1.807) is 6.07 Å². The number of ether oxygens (including phenoxy) is 1. The average molecular weight is 388 g/mol. The number of rotatable bonds is 4. The molecule has 0 saturated heterocycles. The first-order valence-corrected chi connectivity index (χ1v) is 8.84. The van der Waals surface area contributed by atoms with Gasteiger partial charge in [-0.3, -0.25) is 0 Å². The highest BCUT2D eigenvalue weighted by Gasteiger charge is 2.24. The third-order valence-electron chi connectivity index (χ3n) is 4.73. The predicted octanol–water partition coefficient (Wildman–Crippen LogP) is 4.30. The van der Waals surface area contributed by atoms with Gasteiger partial charge in [-0.15, -0.1) is 0 Å². The SMILES string of the molecule is N#Cc1cc2c(c(C(=O)O)c1)Nc1ccc(CCc3ccc(O)c(O)c3)cc1O2. The molecule has 0 aliphatic carbocycles. The Labute approximate surface area is 166 Å². The number of hydrogen-bond donors (Lipinski definition) is 4. The number of aryl methyl sites for hydroxylation is 2. The number of aromatic hydroxyl groups is 2. The fourth-order valence-electron chi connectivity index (χ4n) is 3.23. The molecular weight excluding hydrogens is 372 g/mol. The van der Waals surface area contributed by atoms with Gasteiger partial charge in [0, 0.05) is 6.07 Å². The molecule has 0 fully saturated rings. The van der Waals surface area contributed by atoms with Crippen molar-refractivity contribution in [2.45, 2.75) is 12.8 Å². The Kier molecular flexibility index (Phi) is 4.45. The van der Waals surface area contributed by atoms with Gasteiger partial charge in [0.1, 0.15) is 0 Å². The molecule has 0 bridgehead atoms. The van der Waals surface area contributed by atoms with Crippen molar-refractivity contribution < 1.29 is 24.9 Å². The molecule has 0 amide bonds. The van der Waals surface area contributed by atoms with E-state index >= 15 is 0 Å². The summed E-state index contributed by atoms with van der Waals surface area (Å²) in [7, 11) is 0. The third kappa shape index (κ3) is 3.51. The van der Waals surface area contributed by atoms with Gasteiger partial charge >= 0.3 is 5.97 Å². The lowest BCUT2D eigenvalue weighted by molar-refractivity contribution is 0.0697. The molecule has 0 atom stereocenters. The quantitative estimate of drug-likeness (QED) is 0.384. The molecule has 0 spiro atoms. The van der Waals surface area contributed by atoms with Crippen molar-refractivity contribution in [3.05, 3.63) is 70.8 Å². The monoisotopic (exact) mass is 388 g/mol. The van der Waals surface area contributed by atoms with Crippen LogP contribution in [0.2, 0.25) is 0 Å². The zero-order valence-corrected chi connectivity index (χ0v) is 15.1. The van der Waals surface area contributed by atoms with E-state index in [1.807, 2.05) is 24.3 Å². The number of nitriles is 1. The summed E-state index contributed by atoms with van der Waals surface area (Å²) >= 11 is 0. The summed E-state index contributed by atoms with van der Waals surface area (Å²) in [6.07, 6.45) is 1.32. The van der Waals surface area contributed by atoms with Gasteiger partial charge in [-0.25, -0.2) is 4.79 Å². The first-order chi connectivity index (χ1) is 13.9. The molecule has 0 saturated carbocycles. The smallest absolute Gasteiger partial charge is 0.338 e. The minimum Gasteiger partial charge on any atom is -0.504 e. The molecule has 1 aliphatic rings. The van der Waals surface area contributed by atoms with Crippen molar-refractivity contribution in [2.24, 2.45) is 0 Å². The van der Waals surface area contributed by atoms with Crippen LogP contribution >= 0.6 is 0 Å². The molecule has 1 heterocycles. The summed E-state index contributed by atoms with van der Waals surface area (Å²) in [6.45, 7) is 0. The second kappa shape index (κ2) is 7.09. The molecule has 3 aromatic rings. The summed E-state index contributed by atoms with van der Waals surface area (Å²) in [6, 6.07) is 15.1. The van der Waals surface area contributed by atoms with Crippen LogP contribution in [0.4, 0.5) is 11.4 Å². The second-order valence-corrected chi connectivity index (χ2v) is 6.69. The molecular formula is C22H16N2O5. The number of nitrogens with zero attached hydrogens (tertiary/aromatic N) is 1. The van der Waals surface area contributed by atoms with Gasteiger partial charge < -0.3 is 25.4 Å². The minimum absolute atomic E-state index is 0.0269. The van der Waals surface area contributed by atoms with Crippen LogP contribution in [0.15, 0.2) is 48.5 Å². The summed E-state index contributed by atoms with van der Waals surface area (Å²) < 4.78 is 5.89. The summed E-state index contributed by atoms with van der Waals surface area (Å²) in [5.74, 6) is -0.631. The number of carbonyl (C=O) groups is 1. The van der Waals surface area contributed by atoms with Gasteiger partial charge in [-0.2, -0.15) is 5.26 Å². The van der Waals surface area contributed by atoms with E-state index in [1.165, 1.54) is 24.3 Å². The molecule has 144 valence electrons. The summed E-state index contributed by atoms with van der Waals surface area (Å²) in [5, 5.41) is 40.7. The van der Waals surface area contributed by atoms with E-state index in [0.29, 0.717) is 30.0 Å². The Morgan fingerprint density at radius 3 is 2.38 bits per heavy atom.